The molecule has 0 radical (unpaired) electrons. The minimum absolute atomic E-state index is 0.120. The lowest BCUT2D eigenvalue weighted by Crippen LogP contribution is -2.07. The molecule has 6 heteroatoms. The van der Waals surface area contributed by atoms with Gasteiger partial charge >= 0.3 is 6.18 Å². The molecule has 0 aliphatic carbocycles. The van der Waals surface area contributed by atoms with Gasteiger partial charge in [-0.3, -0.25) is 0 Å². The highest BCUT2D eigenvalue weighted by Gasteiger charge is 2.35. The van der Waals surface area contributed by atoms with Crippen LogP contribution >= 0.6 is 0 Å². The number of alkyl halides is 3. The molecule has 13 heavy (non-hydrogen) atoms. The Balaban J connectivity index is 3.07. The molecular formula is C7H9F3N2O. The van der Waals surface area contributed by atoms with E-state index in [9.17, 15) is 13.2 Å². The third kappa shape index (κ3) is 1.93. The number of hydrogen-bond donors (Lipinski definition) is 0. The number of methoxy groups -OCH3 is 1. The van der Waals surface area contributed by atoms with E-state index in [1.807, 2.05) is 0 Å². The van der Waals surface area contributed by atoms with Crippen molar-refractivity contribution in [2.24, 2.45) is 0 Å². The molecule has 0 aliphatic heterocycles. The lowest BCUT2D eigenvalue weighted by Gasteiger charge is -2.00. The van der Waals surface area contributed by atoms with E-state index in [1.54, 1.807) is 6.92 Å². The molecule has 1 heterocycles. The van der Waals surface area contributed by atoms with Crippen molar-refractivity contribution >= 4 is 0 Å². The molecule has 74 valence electrons. The quantitative estimate of drug-likeness (QED) is 0.719. The van der Waals surface area contributed by atoms with Crippen molar-refractivity contribution in [2.45, 2.75) is 19.6 Å². The van der Waals surface area contributed by atoms with Gasteiger partial charge in [-0.25, -0.2) is 4.68 Å². The van der Waals surface area contributed by atoms with Crippen LogP contribution in [-0.4, -0.2) is 16.9 Å². The third-order valence-corrected chi connectivity index (χ3v) is 1.54. The Morgan fingerprint density at radius 3 is 2.46 bits per heavy atom. The van der Waals surface area contributed by atoms with Gasteiger partial charge in [0.05, 0.1) is 7.11 Å². The molecule has 0 atom stereocenters. The van der Waals surface area contributed by atoms with E-state index in [2.05, 4.69) is 5.10 Å². The molecule has 1 rings (SSSR count). The fourth-order valence-electron chi connectivity index (χ4n) is 0.929. The molecule has 1 aromatic rings. The second-order valence-corrected chi connectivity index (χ2v) is 2.39. The van der Waals surface area contributed by atoms with Gasteiger partial charge in [0.15, 0.2) is 5.69 Å². The summed E-state index contributed by atoms with van der Waals surface area (Å²) in [4.78, 5) is 0. The highest BCUT2D eigenvalue weighted by atomic mass is 19.4. The van der Waals surface area contributed by atoms with E-state index in [0.717, 1.165) is 10.7 Å². The Hall–Kier alpha value is -1.20. The first-order chi connectivity index (χ1) is 5.99. The molecule has 0 spiro atoms. The third-order valence-electron chi connectivity index (χ3n) is 1.54. The largest absolute Gasteiger partial charge is 0.481 e. The van der Waals surface area contributed by atoms with E-state index < -0.39 is 11.9 Å². The Labute approximate surface area is 73.1 Å². The van der Waals surface area contributed by atoms with Crippen molar-refractivity contribution < 1.29 is 17.9 Å². The molecule has 0 N–H and O–H groups in total. The first kappa shape index (κ1) is 9.88. The summed E-state index contributed by atoms with van der Waals surface area (Å²) in [7, 11) is 1.31. The van der Waals surface area contributed by atoms with Crippen molar-refractivity contribution in [3.63, 3.8) is 0 Å². The van der Waals surface area contributed by atoms with Crippen molar-refractivity contribution in [3.05, 3.63) is 11.8 Å². The molecule has 0 saturated carbocycles. The van der Waals surface area contributed by atoms with Crippen LogP contribution in [0.3, 0.4) is 0 Å². The fraction of sp³-hybridized carbons (Fsp3) is 0.571. The van der Waals surface area contributed by atoms with Gasteiger partial charge in [0, 0.05) is 12.6 Å². The van der Waals surface area contributed by atoms with Gasteiger partial charge in [-0.2, -0.15) is 18.3 Å². The molecule has 0 bridgehead atoms. The first-order valence-electron chi connectivity index (χ1n) is 3.68. The minimum Gasteiger partial charge on any atom is -0.481 e. The van der Waals surface area contributed by atoms with E-state index in [0.29, 0.717) is 6.54 Å². The standard InChI is InChI=1S/C7H9F3N2O/c1-3-12-6(13-2)4-5(11-12)7(8,9)10/h4H,3H2,1-2H3. The Kier molecular flexibility index (Phi) is 2.49. The molecule has 1 aromatic heterocycles. The molecular weight excluding hydrogens is 185 g/mol. The van der Waals surface area contributed by atoms with Crippen molar-refractivity contribution in [1.29, 1.82) is 0 Å². The highest BCUT2D eigenvalue weighted by molar-refractivity contribution is 5.18. The maximum Gasteiger partial charge on any atom is 0.435 e. The number of aryl methyl sites for hydroxylation is 1. The van der Waals surface area contributed by atoms with Crippen molar-refractivity contribution in [3.8, 4) is 5.88 Å². The van der Waals surface area contributed by atoms with E-state index >= 15 is 0 Å². The zero-order chi connectivity index (χ0) is 10.1. The summed E-state index contributed by atoms with van der Waals surface area (Å²) in [6.07, 6.45) is -4.41. The van der Waals surface area contributed by atoms with Crippen LogP contribution in [-0.2, 0) is 12.7 Å². The summed E-state index contributed by atoms with van der Waals surface area (Å²) in [5, 5.41) is 3.34. The molecule has 3 nitrogen and oxygen atoms in total. The SMILES string of the molecule is CCn1nc(C(F)(F)F)cc1OC. The molecule has 0 fully saturated rings. The average Bonchev–Trinajstić information content (AvgIpc) is 2.45. The first-order valence-corrected chi connectivity index (χ1v) is 3.68. The van der Waals surface area contributed by atoms with Crippen LogP contribution in [0.15, 0.2) is 6.07 Å². The molecule has 0 aliphatic rings. The summed E-state index contributed by atoms with van der Waals surface area (Å²) in [6, 6.07) is 0.878. The molecule has 0 saturated heterocycles. The lowest BCUT2D eigenvalue weighted by atomic mass is 10.4. The number of aromatic nitrogens is 2. The van der Waals surface area contributed by atoms with Crippen LogP contribution in [0.2, 0.25) is 0 Å². The van der Waals surface area contributed by atoms with Crippen LogP contribution in [0.4, 0.5) is 13.2 Å². The van der Waals surface area contributed by atoms with Gasteiger partial charge in [0.1, 0.15) is 0 Å². The molecule has 0 amide bonds. The Morgan fingerprint density at radius 2 is 2.15 bits per heavy atom. The van der Waals surface area contributed by atoms with Crippen LogP contribution in [0, 0.1) is 0 Å². The second-order valence-electron chi connectivity index (χ2n) is 2.39. The molecule has 0 aromatic carbocycles. The van der Waals surface area contributed by atoms with Crippen LogP contribution in [0.25, 0.3) is 0 Å². The van der Waals surface area contributed by atoms with Gasteiger partial charge in [-0.05, 0) is 6.92 Å². The highest BCUT2D eigenvalue weighted by Crippen LogP contribution is 2.30. The van der Waals surface area contributed by atoms with Gasteiger partial charge in [-0.1, -0.05) is 0 Å². The summed E-state index contributed by atoms with van der Waals surface area (Å²) < 4.78 is 42.2. The van der Waals surface area contributed by atoms with E-state index in [4.69, 9.17) is 4.74 Å². The Bertz CT molecular complexity index is 271. The predicted molar refractivity (Wildman–Crippen MR) is 39.5 cm³/mol. The monoisotopic (exact) mass is 194 g/mol. The van der Waals surface area contributed by atoms with Crippen molar-refractivity contribution in [1.82, 2.24) is 9.78 Å². The second kappa shape index (κ2) is 3.27. The van der Waals surface area contributed by atoms with E-state index in [1.165, 1.54) is 7.11 Å². The normalized spacial score (nSPS) is 11.8. The van der Waals surface area contributed by atoms with Crippen molar-refractivity contribution in [2.75, 3.05) is 7.11 Å². The van der Waals surface area contributed by atoms with E-state index in [-0.39, 0.29) is 5.88 Å². The van der Waals surface area contributed by atoms with Crippen LogP contribution in [0.5, 0.6) is 5.88 Å². The Morgan fingerprint density at radius 1 is 1.54 bits per heavy atom. The lowest BCUT2D eigenvalue weighted by molar-refractivity contribution is -0.141. The summed E-state index contributed by atoms with van der Waals surface area (Å²) >= 11 is 0. The minimum atomic E-state index is -4.41. The maximum absolute atomic E-state index is 12.1. The van der Waals surface area contributed by atoms with Gasteiger partial charge in [0.2, 0.25) is 5.88 Å². The number of hydrogen-bond acceptors (Lipinski definition) is 2. The zero-order valence-corrected chi connectivity index (χ0v) is 7.22. The van der Waals surface area contributed by atoms with Gasteiger partial charge < -0.3 is 4.74 Å². The average molecular weight is 194 g/mol. The maximum atomic E-state index is 12.1. The van der Waals surface area contributed by atoms with Gasteiger partial charge in [0.25, 0.3) is 0 Å². The van der Waals surface area contributed by atoms with Gasteiger partial charge in [-0.15, -0.1) is 0 Å². The summed E-state index contributed by atoms with van der Waals surface area (Å²) in [6.45, 7) is 2.04. The molecule has 0 unspecified atom stereocenters. The topological polar surface area (TPSA) is 27.1 Å². The number of rotatable bonds is 2. The smallest absolute Gasteiger partial charge is 0.435 e. The number of halogens is 3. The zero-order valence-electron chi connectivity index (χ0n) is 7.22. The summed E-state index contributed by atoms with van der Waals surface area (Å²) in [5.74, 6) is 0.120. The number of nitrogens with zero attached hydrogens (tertiary/aromatic N) is 2. The fourth-order valence-corrected chi connectivity index (χ4v) is 0.929. The number of ether oxygens (including phenoxy) is 1. The summed E-state index contributed by atoms with van der Waals surface area (Å²) in [5.41, 5.74) is -0.925. The predicted octanol–water partition coefficient (Wildman–Crippen LogP) is 1.93. The van der Waals surface area contributed by atoms with Crippen LogP contribution in [0.1, 0.15) is 12.6 Å². The van der Waals surface area contributed by atoms with Crippen LogP contribution < -0.4 is 4.74 Å².